The SMILES string of the molecule is Oc1ccc(N=Nc2cccc(C(F)(F)F)c2)cc1C=Nc1ccc2oc(-c3cccc(I)c3)nc2c1. The monoisotopic (exact) mass is 612 g/mol. The molecule has 37 heavy (non-hydrogen) atoms. The number of hydrogen-bond acceptors (Lipinski definition) is 6. The lowest BCUT2D eigenvalue weighted by Gasteiger charge is -2.06. The number of oxazole rings is 1. The van der Waals surface area contributed by atoms with Gasteiger partial charge in [0.2, 0.25) is 5.89 Å². The number of azo groups is 1. The van der Waals surface area contributed by atoms with Crippen LogP contribution in [-0.2, 0) is 6.18 Å². The average Bonchev–Trinajstić information content (AvgIpc) is 3.31. The number of alkyl halides is 3. The summed E-state index contributed by atoms with van der Waals surface area (Å²) in [5, 5.41) is 18.1. The quantitative estimate of drug-likeness (QED) is 0.122. The normalized spacial score (nSPS) is 12.2. The van der Waals surface area contributed by atoms with Crippen LogP contribution in [0.5, 0.6) is 5.75 Å². The van der Waals surface area contributed by atoms with Crippen LogP contribution >= 0.6 is 22.6 Å². The smallest absolute Gasteiger partial charge is 0.416 e. The summed E-state index contributed by atoms with van der Waals surface area (Å²) in [6.07, 6.45) is -3.01. The molecule has 0 aliphatic rings. The van der Waals surface area contributed by atoms with Crippen molar-refractivity contribution in [1.82, 2.24) is 4.98 Å². The summed E-state index contributed by atoms with van der Waals surface area (Å²) in [5.41, 5.74) is 2.66. The molecule has 0 radical (unpaired) electrons. The van der Waals surface area contributed by atoms with Gasteiger partial charge in [-0.15, -0.1) is 0 Å². The van der Waals surface area contributed by atoms with E-state index in [1.54, 1.807) is 18.2 Å². The van der Waals surface area contributed by atoms with Crippen LogP contribution in [0.25, 0.3) is 22.6 Å². The summed E-state index contributed by atoms with van der Waals surface area (Å²) >= 11 is 2.23. The van der Waals surface area contributed by atoms with E-state index in [1.807, 2.05) is 24.3 Å². The van der Waals surface area contributed by atoms with Crippen molar-refractivity contribution >= 4 is 57.0 Å². The highest BCUT2D eigenvalue weighted by molar-refractivity contribution is 14.1. The highest BCUT2D eigenvalue weighted by Crippen LogP contribution is 2.32. The molecule has 1 N–H and O–H groups in total. The zero-order chi connectivity index (χ0) is 26.0. The van der Waals surface area contributed by atoms with E-state index in [-0.39, 0.29) is 11.4 Å². The highest BCUT2D eigenvalue weighted by atomic mass is 127. The van der Waals surface area contributed by atoms with Crippen LogP contribution in [0, 0.1) is 3.57 Å². The highest BCUT2D eigenvalue weighted by Gasteiger charge is 2.30. The number of nitrogens with zero attached hydrogens (tertiary/aromatic N) is 4. The van der Waals surface area contributed by atoms with Gasteiger partial charge in [0.1, 0.15) is 11.3 Å². The average molecular weight is 612 g/mol. The number of rotatable bonds is 5. The van der Waals surface area contributed by atoms with Crippen molar-refractivity contribution in [2.45, 2.75) is 6.18 Å². The van der Waals surface area contributed by atoms with Gasteiger partial charge in [-0.25, -0.2) is 4.98 Å². The van der Waals surface area contributed by atoms with Crippen LogP contribution in [0.1, 0.15) is 11.1 Å². The first-order valence-electron chi connectivity index (χ1n) is 10.9. The molecule has 0 spiro atoms. The van der Waals surface area contributed by atoms with Crippen molar-refractivity contribution in [1.29, 1.82) is 0 Å². The zero-order valence-corrected chi connectivity index (χ0v) is 21.0. The molecule has 0 aliphatic carbocycles. The van der Waals surface area contributed by atoms with Gasteiger partial charge in [0.25, 0.3) is 0 Å². The number of benzene rings is 4. The first-order valence-corrected chi connectivity index (χ1v) is 12.0. The number of halogens is 4. The molecule has 184 valence electrons. The molecule has 0 fully saturated rings. The largest absolute Gasteiger partial charge is 0.507 e. The van der Waals surface area contributed by atoms with Crippen molar-refractivity contribution in [3.63, 3.8) is 0 Å². The molecule has 1 aromatic heterocycles. The lowest BCUT2D eigenvalue weighted by Crippen LogP contribution is -2.03. The number of fused-ring (bicyclic) bond motifs is 1. The Labute approximate surface area is 222 Å². The van der Waals surface area contributed by atoms with E-state index in [4.69, 9.17) is 4.42 Å². The maximum absolute atomic E-state index is 12.9. The molecule has 10 heteroatoms. The first kappa shape index (κ1) is 24.6. The molecule has 4 aromatic carbocycles. The van der Waals surface area contributed by atoms with E-state index >= 15 is 0 Å². The lowest BCUT2D eigenvalue weighted by atomic mass is 10.2. The number of phenols is 1. The van der Waals surface area contributed by atoms with Crippen LogP contribution in [-0.4, -0.2) is 16.3 Å². The summed E-state index contributed by atoms with van der Waals surface area (Å²) in [4.78, 5) is 8.97. The third-order valence-corrected chi connectivity index (χ3v) is 5.93. The van der Waals surface area contributed by atoms with Gasteiger partial charge >= 0.3 is 6.18 Å². The Morgan fingerprint density at radius 1 is 0.838 bits per heavy atom. The predicted molar refractivity (Wildman–Crippen MR) is 143 cm³/mol. The zero-order valence-electron chi connectivity index (χ0n) is 18.8. The predicted octanol–water partition coefficient (Wildman–Crippen LogP) is 8.99. The molecule has 0 atom stereocenters. The molecule has 0 saturated heterocycles. The minimum Gasteiger partial charge on any atom is -0.507 e. The molecule has 5 aromatic rings. The molecule has 0 amide bonds. The summed E-state index contributed by atoms with van der Waals surface area (Å²) in [7, 11) is 0. The molecule has 0 aliphatic heterocycles. The van der Waals surface area contributed by atoms with E-state index in [0.717, 1.165) is 21.3 Å². The molecule has 5 rings (SSSR count). The molecule has 1 heterocycles. The third-order valence-electron chi connectivity index (χ3n) is 5.26. The lowest BCUT2D eigenvalue weighted by molar-refractivity contribution is -0.137. The minimum absolute atomic E-state index is 0.0368. The second-order valence-corrected chi connectivity index (χ2v) is 9.18. The molecular weight excluding hydrogens is 596 g/mol. The number of phenolic OH excluding ortho intramolecular Hbond substituents is 1. The van der Waals surface area contributed by atoms with Gasteiger partial charge in [-0.3, -0.25) is 4.99 Å². The minimum atomic E-state index is -4.47. The van der Waals surface area contributed by atoms with Crippen molar-refractivity contribution in [3.05, 3.63) is 99.6 Å². The van der Waals surface area contributed by atoms with Crippen LogP contribution in [0.2, 0.25) is 0 Å². The van der Waals surface area contributed by atoms with E-state index in [2.05, 4.69) is 42.8 Å². The maximum atomic E-state index is 12.9. The Kier molecular flexibility index (Phi) is 6.74. The standard InChI is InChI=1S/C27H16F3IN4O2/c28-27(29,30)18-4-2-6-21(13-18)34-35-22-7-9-24(36)17(12-22)15-32-20-8-10-25-23(14-20)33-26(37-25)16-3-1-5-19(31)11-16/h1-15,36H. The molecule has 0 saturated carbocycles. The fourth-order valence-electron chi connectivity index (χ4n) is 3.45. The van der Waals surface area contributed by atoms with Gasteiger partial charge in [-0.2, -0.15) is 23.4 Å². The van der Waals surface area contributed by atoms with Gasteiger partial charge in [0.05, 0.1) is 22.6 Å². The van der Waals surface area contributed by atoms with E-state index in [1.165, 1.54) is 36.5 Å². The number of aliphatic imine (C=N–C) groups is 1. The first-order chi connectivity index (χ1) is 17.7. The van der Waals surface area contributed by atoms with Gasteiger partial charge in [0, 0.05) is 20.9 Å². The summed E-state index contributed by atoms with van der Waals surface area (Å²) in [5.74, 6) is 0.469. The van der Waals surface area contributed by atoms with Gasteiger partial charge in [-0.1, -0.05) is 12.1 Å². The second-order valence-electron chi connectivity index (χ2n) is 7.93. The van der Waals surface area contributed by atoms with Crippen molar-refractivity contribution in [2.75, 3.05) is 0 Å². The molecule has 0 unspecified atom stereocenters. The fourth-order valence-corrected chi connectivity index (χ4v) is 4.00. The Morgan fingerprint density at radius 2 is 1.59 bits per heavy atom. The van der Waals surface area contributed by atoms with Crippen LogP contribution in [0.4, 0.5) is 30.2 Å². The molecule has 0 bridgehead atoms. The molecular formula is C27H16F3IN4O2. The summed E-state index contributed by atoms with van der Waals surface area (Å²) in [6.45, 7) is 0. The van der Waals surface area contributed by atoms with Gasteiger partial charge < -0.3 is 9.52 Å². The summed E-state index contributed by atoms with van der Waals surface area (Å²) in [6, 6.07) is 22.1. The van der Waals surface area contributed by atoms with Crippen molar-refractivity contribution in [3.8, 4) is 17.2 Å². The number of aromatic hydroxyl groups is 1. The van der Waals surface area contributed by atoms with E-state index in [9.17, 15) is 18.3 Å². The second kappa shape index (κ2) is 10.1. The van der Waals surface area contributed by atoms with Crippen molar-refractivity contribution < 1.29 is 22.7 Å². The fraction of sp³-hybridized carbons (Fsp3) is 0.0370. The van der Waals surface area contributed by atoms with E-state index < -0.39 is 11.7 Å². The Balaban J connectivity index is 1.37. The number of hydrogen-bond donors (Lipinski definition) is 1. The Hall–Kier alpha value is -4.06. The Bertz CT molecular complexity index is 1660. The maximum Gasteiger partial charge on any atom is 0.416 e. The topological polar surface area (TPSA) is 83.3 Å². The van der Waals surface area contributed by atoms with E-state index in [0.29, 0.717) is 33.9 Å². The van der Waals surface area contributed by atoms with Crippen molar-refractivity contribution in [2.24, 2.45) is 15.2 Å². The Morgan fingerprint density at radius 3 is 2.38 bits per heavy atom. The third kappa shape index (κ3) is 5.85. The van der Waals surface area contributed by atoms with Crippen LogP contribution < -0.4 is 0 Å². The van der Waals surface area contributed by atoms with Gasteiger partial charge in [0.15, 0.2) is 5.58 Å². The molecule has 6 nitrogen and oxygen atoms in total. The van der Waals surface area contributed by atoms with Gasteiger partial charge in [-0.05, 0) is 95.4 Å². The summed E-state index contributed by atoms with van der Waals surface area (Å²) < 4.78 is 45.7. The van der Waals surface area contributed by atoms with Crippen LogP contribution in [0.3, 0.4) is 0 Å². The van der Waals surface area contributed by atoms with Crippen LogP contribution in [0.15, 0.2) is 105 Å². The number of aromatic nitrogens is 1.